The number of methoxy groups -OCH3 is 1. The molecule has 1 rings (SSSR count). The Morgan fingerprint density at radius 3 is 2.72 bits per heavy atom. The van der Waals surface area contributed by atoms with Gasteiger partial charge in [-0.2, -0.15) is 0 Å². The molecule has 6 nitrogen and oxygen atoms in total. The number of carboxylic acid groups (broad SMARTS) is 1. The third-order valence-electron chi connectivity index (χ3n) is 2.36. The van der Waals surface area contributed by atoms with Crippen molar-refractivity contribution >= 4 is 11.7 Å². The maximum Gasteiger partial charge on any atom is 0.303 e. The Bertz CT molecular complexity index is 475. The topological polar surface area (TPSA) is 89.7 Å². The Labute approximate surface area is 102 Å². The third-order valence-corrected chi connectivity index (χ3v) is 2.36. The zero-order valence-corrected chi connectivity index (χ0v) is 9.68. The highest BCUT2D eigenvalue weighted by Gasteiger charge is 2.17. The van der Waals surface area contributed by atoms with Gasteiger partial charge < -0.3 is 9.84 Å². The van der Waals surface area contributed by atoms with Gasteiger partial charge in [0.1, 0.15) is 0 Å². The van der Waals surface area contributed by atoms with Gasteiger partial charge in [-0.05, 0) is 12.8 Å². The lowest BCUT2D eigenvalue weighted by molar-refractivity contribution is -0.385. The van der Waals surface area contributed by atoms with Crippen LogP contribution in [0.25, 0.3) is 0 Å². The third kappa shape index (κ3) is 3.41. The van der Waals surface area contributed by atoms with Crippen LogP contribution in [0.5, 0.6) is 5.75 Å². The summed E-state index contributed by atoms with van der Waals surface area (Å²) in [7, 11) is 1.25. The van der Waals surface area contributed by atoms with Crippen molar-refractivity contribution in [2.24, 2.45) is 0 Å². The Morgan fingerprint density at radius 2 is 2.22 bits per heavy atom. The molecule has 0 amide bonds. The minimum absolute atomic E-state index is 0.0778. The number of hydrogen-bond acceptors (Lipinski definition) is 4. The van der Waals surface area contributed by atoms with E-state index < -0.39 is 16.7 Å². The van der Waals surface area contributed by atoms with Crippen LogP contribution in [0.1, 0.15) is 18.4 Å². The first-order chi connectivity index (χ1) is 8.45. The van der Waals surface area contributed by atoms with E-state index in [1.807, 2.05) is 0 Å². The van der Waals surface area contributed by atoms with E-state index in [4.69, 9.17) is 9.84 Å². The minimum Gasteiger partial charge on any atom is -0.493 e. The standard InChI is InChI=1S/C11H12FNO5/c1-18-11-7(3-2-4-10(14)15)5-8(13(16)17)6-9(11)12/h5-6H,2-4H2,1H3,(H,14,15). The molecule has 0 bridgehead atoms. The molecular weight excluding hydrogens is 245 g/mol. The summed E-state index contributed by atoms with van der Waals surface area (Å²) >= 11 is 0. The van der Waals surface area contributed by atoms with Crippen LogP contribution in [-0.4, -0.2) is 23.1 Å². The molecule has 0 fully saturated rings. The number of nitro groups is 1. The summed E-state index contributed by atoms with van der Waals surface area (Å²) in [5.74, 6) is -1.87. The number of rotatable bonds is 6. The predicted octanol–water partition coefficient (Wildman–Crippen LogP) is 2.15. The summed E-state index contributed by atoms with van der Waals surface area (Å²) in [5, 5.41) is 19.1. The molecule has 1 N–H and O–H groups in total. The van der Waals surface area contributed by atoms with Crippen LogP contribution >= 0.6 is 0 Å². The highest BCUT2D eigenvalue weighted by Crippen LogP contribution is 2.29. The van der Waals surface area contributed by atoms with Crippen LogP contribution in [0.2, 0.25) is 0 Å². The molecule has 0 saturated heterocycles. The molecule has 0 aliphatic carbocycles. The number of halogens is 1. The zero-order valence-electron chi connectivity index (χ0n) is 9.68. The lowest BCUT2D eigenvalue weighted by atomic mass is 10.1. The van der Waals surface area contributed by atoms with Crippen LogP contribution in [0.15, 0.2) is 12.1 Å². The van der Waals surface area contributed by atoms with Gasteiger partial charge in [0.25, 0.3) is 5.69 Å². The number of benzene rings is 1. The van der Waals surface area contributed by atoms with Crippen LogP contribution in [0.3, 0.4) is 0 Å². The number of hydrogen-bond donors (Lipinski definition) is 1. The van der Waals surface area contributed by atoms with Gasteiger partial charge in [0.05, 0.1) is 18.1 Å². The van der Waals surface area contributed by atoms with Crippen molar-refractivity contribution in [3.63, 3.8) is 0 Å². The number of nitrogens with zero attached hydrogens (tertiary/aromatic N) is 1. The molecule has 7 heteroatoms. The Morgan fingerprint density at radius 1 is 1.56 bits per heavy atom. The van der Waals surface area contributed by atoms with Crippen molar-refractivity contribution in [2.75, 3.05) is 7.11 Å². The SMILES string of the molecule is COc1c(F)cc([N+](=O)[O-])cc1CCCC(=O)O. The van der Waals surface area contributed by atoms with Gasteiger partial charge in [0, 0.05) is 18.1 Å². The van der Waals surface area contributed by atoms with Crippen molar-refractivity contribution in [1.82, 2.24) is 0 Å². The van der Waals surface area contributed by atoms with Gasteiger partial charge in [-0.1, -0.05) is 0 Å². The summed E-state index contributed by atoms with van der Waals surface area (Å²) < 4.78 is 18.3. The van der Waals surface area contributed by atoms with Crippen LogP contribution in [-0.2, 0) is 11.2 Å². The lowest BCUT2D eigenvalue weighted by Gasteiger charge is -2.08. The number of ether oxygens (including phenoxy) is 1. The molecule has 0 atom stereocenters. The first kappa shape index (κ1) is 13.9. The molecule has 0 aromatic heterocycles. The molecular formula is C11H12FNO5. The first-order valence-electron chi connectivity index (χ1n) is 5.18. The second-order valence-corrected chi connectivity index (χ2v) is 3.62. The van der Waals surface area contributed by atoms with Gasteiger partial charge in [-0.3, -0.25) is 14.9 Å². The summed E-state index contributed by atoms with van der Waals surface area (Å²) in [4.78, 5) is 20.3. The molecule has 0 aliphatic heterocycles. The second kappa shape index (κ2) is 5.95. The number of non-ortho nitro benzene ring substituents is 1. The average molecular weight is 257 g/mol. The van der Waals surface area contributed by atoms with E-state index in [0.29, 0.717) is 5.56 Å². The van der Waals surface area contributed by atoms with Crippen molar-refractivity contribution in [3.05, 3.63) is 33.6 Å². The molecule has 1 aromatic rings. The zero-order chi connectivity index (χ0) is 13.7. The monoisotopic (exact) mass is 257 g/mol. The van der Waals surface area contributed by atoms with Crippen molar-refractivity contribution < 1.29 is 24.0 Å². The van der Waals surface area contributed by atoms with Crippen LogP contribution < -0.4 is 4.74 Å². The van der Waals surface area contributed by atoms with Gasteiger partial charge in [0.2, 0.25) is 0 Å². The largest absolute Gasteiger partial charge is 0.493 e. The van der Waals surface area contributed by atoms with E-state index in [1.165, 1.54) is 13.2 Å². The van der Waals surface area contributed by atoms with Crippen LogP contribution in [0.4, 0.5) is 10.1 Å². The Balaban J connectivity index is 2.98. The van der Waals surface area contributed by atoms with E-state index in [-0.39, 0.29) is 30.7 Å². The van der Waals surface area contributed by atoms with Crippen molar-refractivity contribution in [3.8, 4) is 5.75 Å². The fraction of sp³-hybridized carbons (Fsp3) is 0.364. The average Bonchev–Trinajstić information content (AvgIpc) is 2.27. The van der Waals surface area contributed by atoms with E-state index in [0.717, 1.165) is 6.07 Å². The molecule has 0 radical (unpaired) electrons. The smallest absolute Gasteiger partial charge is 0.303 e. The lowest BCUT2D eigenvalue weighted by Crippen LogP contribution is -2.01. The Kier molecular flexibility index (Phi) is 4.59. The summed E-state index contributed by atoms with van der Waals surface area (Å²) in [6.45, 7) is 0. The Hall–Kier alpha value is -2.18. The molecule has 18 heavy (non-hydrogen) atoms. The molecule has 0 unspecified atom stereocenters. The molecule has 0 saturated carbocycles. The highest BCUT2D eigenvalue weighted by atomic mass is 19.1. The van der Waals surface area contributed by atoms with Gasteiger partial charge >= 0.3 is 5.97 Å². The quantitative estimate of drug-likeness (QED) is 0.623. The fourth-order valence-corrected chi connectivity index (χ4v) is 1.58. The summed E-state index contributed by atoms with van der Waals surface area (Å²) in [5.41, 5.74) is -0.0796. The minimum atomic E-state index is -0.972. The molecule has 1 aromatic carbocycles. The van der Waals surface area contributed by atoms with Crippen molar-refractivity contribution in [2.45, 2.75) is 19.3 Å². The van der Waals surface area contributed by atoms with Gasteiger partial charge in [-0.25, -0.2) is 4.39 Å². The maximum absolute atomic E-state index is 13.5. The first-order valence-corrected chi connectivity index (χ1v) is 5.18. The van der Waals surface area contributed by atoms with E-state index in [9.17, 15) is 19.3 Å². The van der Waals surface area contributed by atoms with E-state index in [1.54, 1.807) is 0 Å². The normalized spacial score (nSPS) is 10.1. The highest BCUT2D eigenvalue weighted by molar-refractivity contribution is 5.66. The predicted molar refractivity (Wildman–Crippen MR) is 60.2 cm³/mol. The van der Waals surface area contributed by atoms with Gasteiger partial charge in [-0.15, -0.1) is 0 Å². The van der Waals surface area contributed by atoms with Gasteiger partial charge in [0.15, 0.2) is 11.6 Å². The number of carbonyl (C=O) groups is 1. The van der Waals surface area contributed by atoms with Crippen molar-refractivity contribution in [1.29, 1.82) is 0 Å². The molecule has 0 aliphatic rings. The number of nitro benzene ring substituents is 1. The number of aliphatic carboxylic acids is 1. The maximum atomic E-state index is 13.5. The summed E-state index contributed by atoms with van der Waals surface area (Å²) in [6.07, 6.45) is 0.369. The summed E-state index contributed by atoms with van der Waals surface area (Å²) in [6, 6.07) is 1.98. The van der Waals surface area contributed by atoms with E-state index >= 15 is 0 Å². The number of aryl methyl sites for hydroxylation is 1. The second-order valence-electron chi connectivity index (χ2n) is 3.62. The number of carboxylic acids is 1. The molecule has 98 valence electrons. The molecule has 0 heterocycles. The molecule has 0 spiro atoms. The van der Waals surface area contributed by atoms with E-state index in [2.05, 4.69) is 0 Å². The fourth-order valence-electron chi connectivity index (χ4n) is 1.58. The van der Waals surface area contributed by atoms with Crippen LogP contribution in [0, 0.1) is 15.9 Å².